The van der Waals surface area contributed by atoms with E-state index in [1.54, 1.807) is 0 Å². The zero-order valence-corrected chi connectivity index (χ0v) is 8.42. The van der Waals surface area contributed by atoms with Crippen LogP contribution in [0.4, 0.5) is 0 Å². The molecule has 0 aromatic heterocycles. The van der Waals surface area contributed by atoms with Gasteiger partial charge in [0, 0.05) is 12.6 Å². The van der Waals surface area contributed by atoms with Crippen LogP contribution in [0.3, 0.4) is 0 Å². The molecule has 2 unspecified atom stereocenters. The molecule has 3 N–H and O–H groups in total. The van der Waals surface area contributed by atoms with E-state index < -0.39 is 0 Å². The van der Waals surface area contributed by atoms with Gasteiger partial charge in [-0.2, -0.15) is 0 Å². The Morgan fingerprint density at radius 1 is 1.69 bits per heavy atom. The van der Waals surface area contributed by atoms with Crippen LogP contribution < -0.4 is 11.1 Å². The van der Waals surface area contributed by atoms with E-state index in [0.717, 1.165) is 19.5 Å². The summed E-state index contributed by atoms with van der Waals surface area (Å²) in [6, 6.07) is 0.381. The first-order valence-corrected chi connectivity index (χ1v) is 4.85. The van der Waals surface area contributed by atoms with Crippen LogP contribution >= 0.6 is 0 Å². The van der Waals surface area contributed by atoms with Gasteiger partial charge in [-0.05, 0) is 33.4 Å². The third kappa shape index (κ3) is 2.67. The smallest absolute Gasteiger partial charge is 0.234 e. The van der Waals surface area contributed by atoms with Crippen molar-refractivity contribution in [3.05, 3.63) is 0 Å². The number of rotatable bonds is 3. The Morgan fingerprint density at radius 2 is 2.38 bits per heavy atom. The highest BCUT2D eigenvalue weighted by Gasteiger charge is 2.24. The fraction of sp³-hybridized carbons (Fsp3) is 0.889. The number of likely N-dealkylation sites (tertiary alicyclic amines) is 1. The Kier molecular flexibility index (Phi) is 3.69. The van der Waals surface area contributed by atoms with E-state index in [0.29, 0.717) is 6.04 Å². The molecule has 4 heteroatoms. The van der Waals surface area contributed by atoms with Gasteiger partial charge >= 0.3 is 0 Å². The molecule has 0 bridgehead atoms. The maximum Gasteiger partial charge on any atom is 0.234 e. The van der Waals surface area contributed by atoms with Gasteiger partial charge in [0.2, 0.25) is 5.91 Å². The first-order valence-electron chi connectivity index (χ1n) is 4.85. The fourth-order valence-electron chi connectivity index (χ4n) is 1.77. The van der Waals surface area contributed by atoms with Crippen LogP contribution in [-0.4, -0.2) is 43.0 Å². The molecule has 1 heterocycles. The molecule has 13 heavy (non-hydrogen) atoms. The molecule has 0 spiro atoms. The minimum Gasteiger partial charge on any atom is -0.368 e. The monoisotopic (exact) mass is 185 g/mol. The molecule has 0 aliphatic carbocycles. The quantitative estimate of drug-likeness (QED) is 0.626. The molecule has 76 valence electrons. The molecule has 1 fully saturated rings. The molecular weight excluding hydrogens is 166 g/mol. The summed E-state index contributed by atoms with van der Waals surface area (Å²) >= 11 is 0. The van der Waals surface area contributed by atoms with Crippen molar-refractivity contribution < 1.29 is 4.79 Å². The van der Waals surface area contributed by atoms with Crippen LogP contribution in [-0.2, 0) is 4.79 Å². The van der Waals surface area contributed by atoms with Crippen molar-refractivity contribution in [2.45, 2.75) is 31.8 Å². The van der Waals surface area contributed by atoms with Gasteiger partial charge in [-0.3, -0.25) is 9.69 Å². The predicted molar refractivity (Wildman–Crippen MR) is 52.3 cm³/mol. The number of nitrogens with two attached hydrogens (primary N) is 1. The molecule has 1 aliphatic rings. The predicted octanol–water partition coefficient (Wildman–Crippen LogP) is -0.456. The molecule has 0 aromatic carbocycles. The first-order chi connectivity index (χ1) is 6.15. The molecule has 0 radical (unpaired) electrons. The first kappa shape index (κ1) is 10.5. The van der Waals surface area contributed by atoms with E-state index >= 15 is 0 Å². The van der Waals surface area contributed by atoms with Gasteiger partial charge in [-0.15, -0.1) is 0 Å². The molecule has 1 aliphatic heterocycles. The van der Waals surface area contributed by atoms with Crippen LogP contribution in [0.25, 0.3) is 0 Å². The molecule has 1 saturated heterocycles. The summed E-state index contributed by atoms with van der Waals surface area (Å²) < 4.78 is 0. The summed E-state index contributed by atoms with van der Waals surface area (Å²) in [5.41, 5.74) is 5.25. The topological polar surface area (TPSA) is 58.4 Å². The minimum atomic E-state index is -0.225. The lowest BCUT2D eigenvalue weighted by atomic mass is 10.0. The molecule has 1 rings (SSSR count). The number of primary amides is 1. The number of piperidine rings is 1. The van der Waals surface area contributed by atoms with E-state index in [9.17, 15) is 4.79 Å². The van der Waals surface area contributed by atoms with Crippen molar-refractivity contribution in [2.75, 3.05) is 20.1 Å². The van der Waals surface area contributed by atoms with Gasteiger partial charge in [0.15, 0.2) is 0 Å². The second-order valence-electron chi connectivity index (χ2n) is 3.70. The van der Waals surface area contributed by atoms with E-state index in [2.05, 4.69) is 10.2 Å². The normalized spacial score (nSPS) is 27.1. The number of nitrogens with zero attached hydrogens (tertiary/aromatic N) is 1. The van der Waals surface area contributed by atoms with Crippen molar-refractivity contribution in [1.82, 2.24) is 10.2 Å². The lowest BCUT2D eigenvalue weighted by Gasteiger charge is -2.35. The lowest BCUT2D eigenvalue weighted by Crippen LogP contribution is -2.51. The zero-order chi connectivity index (χ0) is 9.84. The molecule has 2 atom stereocenters. The average molecular weight is 185 g/mol. The minimum absolute atomic E-state index is 0.129. The van der Waals surface area contributed by atoms with Crippen LogP contribution in [0, 0.1) is 0 Å². The zero-order valence-electron chi connectivity index (χ0n) is 8.42. The summed E-state index contributed by atoms with van der Waals surface area (Å²) in [7, 11) is 1.96. The summed E-state index contributed by atoms with van der Waals surface area (Å²) in [4.78, 5) is 13.1. The Labute approximate surface area is 79.5 Å². The van der Waals surface area contributed by atoms with Gasteiger partial charge in [0.1, 0.15) is 0 Å². The number of hydrogen-bond acceptors (Lipinski definition) is 3. The van der Waals surface area contributed by atoms with Crippen molar-refractivity contribution in [2.24, 2.45) is 5.73 Å². The number of carbonyl (C=O) groups is 1. The SMILES string of the molecule is CNC1CCCN(C(C)C(N)=O)C1. The van der Waals surface area contributed by atoms with Crippen molar-refractivity contribution in [3.8, 4) is 0 Å². The Balaban J connectivity index is 2.46. The van der Waals surface area contributed by atoms with Gasteiger partial charge in [-0.25, -0.2) is 0 Å². The summed E-state index contributed by atoms with van der Waals surface area (Å²) in [5.74, 6) is -0.225. The largest absolute Gasteiger partial charge is 0.368 e. The molecule has 0 saturated carbocycles. The lowest BCUT2D eigenvalue weighted by molar-refractivity contribution is -0.123. The maximum absolute atomic E-state index is 11.0. The van der Waals surface area contributed by atoms with Crippen LogP contribution in [0.1, 0.15) is 19.8 Å². The second kappa shape index (κ2) is 4.58. The van der Waals surface area contributed by atoms with Gasteiger partial charge < -0.3 is 11.1 Å². The summed E-state index contributed by atoms with van der Waals surface area (Å²) in [6.07, 6.45) is 2.33. The summed E-state index contributed by atoms with van der Waals surface area (Å²) in [5, 5.41) is 3.23. The summed E-state index contributed by atoms with van der Waals surface area (Å²) in [6.45, 7) is 3.79. The van der Waals surface area contributed by atoms with E-state index in [1.807, 2.05) is 14.0 Å². The highest BCUT2D eigenvalue weighted by molar-refractivity contribution is 5.79. The third-order valence-corrected chi connectivity index (χ3v) is 2.82. The van der Waals surface area contributed by atoms with Gasteiger partial charge in [-0.1, -0.05) is 0 Å². The standard InChI is InChI=1S/C9H19N3O/c1-7(9(10)13)12-5-3-4-8(6-12)11-2/h7-8,11H,3-6H2,1-2H3,(H2,10,13). The fourth-order valence-corrected chi connectivity index (χ4v) is 1.77. The van der Waals surface area contributed by atoms with Crippen LogP contribution in [0.5, 0.6) is 0 Å². The molecule has 0 aromatic rings. The average Bonchev–Trinajstić information content (AvgIpc) is 2.16. The number of nitrogens with one attached hydrogen (secondary N) is 1. The van der Waals surface area contributed by atoms with E-state index in [4.69, 9.17) is 5.73 Å². The highest BCUT2D eigenvalue weighted by atomic mass is 16.1. The van der Waals surface area contributed by atoms with Crippen molar-refractivity contribution in [3.63, 3.8) is 0 Å². The van der Waals surface area contributed by atoms with Crippen LogP contribution in [0.15, 0.2) is 0 Å². The van der Waals surface area contributed by atoms with Crippen molar-refractivity contribution >= 4 is 5.91 Å². The number of likely N-dealkylation sites (N-methyl/N-ethyl adjacent to an activating group) is 1. The number of amides is 1. The number of hydrogen-bond donors (Lipinski definition) is 2. The van der Waals surface area contributed by atoms with Gasteiger partial charge in [0.25, 0.3) is 0 Å². The van der Waals surface area contributed by atoms with Crippen LogP contribution in [0.2, 0.25) is 0 Å². The van der Waals surface area contributed by atoms with E-state index in [1.165, 1.54) is 6.42 Å². The molecule has 4 nitrogen and oxygen atoms in total. The van der Waals surface area contributed by atoms with Crippen molar-refractivity contribution in [1.29, 1.82) is 0 Å². The Morgan fingerprint density at radius 3 is 2.92 bits per heavy atom. The Bertz CT molecular complexity index is 184. The Hall–Kier alpha value is -0.610. The van der Waals surface area contributed by atoms with Gasteiger partial charge in [0.05, 0.1) is 6.04 Å². The maximum atomic E-state index is 11.0. The molecule has 1 amide bonds. The van der Waals surface area contributed by atoms with E-state index in [-0.39, 0.29) is 11.9 Å². The molecular formula is C9H19N3O. The second-order valence-corrected chi connectivity index (χ2v) is 3.70. The number of carbonyl (C=O) groups excluding carboxylic acids is 1. The third-order valence-electron chi connectivity index (χ3n) is 2.82. The highest BCUT2D eigenvalue weighted by Crippen LogP contribution is 2.12.